The van der Waals surface area contributed by atoms with Crippen LogP contribution in [0, 0.1) is 0 Å². The summed E-state index contributed by atoms with van der Waals surface area (Å²) in [7, 11) is 0. The van der Waals surface area contributed by atoms with Crippen molar-refractivity contribution in [3.63, 3.8) is 0 Å². The Morgan fingerprint density at radius 2 is 1.82 bits per heavy atom. The lowest BCUT2D eigenvalue weighted by molar-refractivity contribution is -0.133. The summed E-state index contributed by atoms with van der Waals surface area (Å²) in [6.45, 7) is 9.61. The van der Waals surface area contributed by atoms with Gasteiger partial charge in [-0.2, -0.15) is 0 Å². The molecule has 6 rings (SSSR count). The van der Waals surface area contributed by atoms with Crippen molar-refractivity contribution in [2.45, 2.75) is 88.9 Å². The number of guanidine groups is 1. The van der Waals surface area contributed by atoms with Gasteiger partial charge in [-0.05, 0) is 57.9 Å². The number of aliphatic hydroxyl groups excluding tert-OH is 1. The van der Waals surface area contributed by atoms with E-state index in [1.54, 1.807) is 36.9 Å². The summed E-state index contributed by atoms with van der Waals surface area (Å²) >= 11 is 0. The molecule has 38 heavy (non-hydrogen) atoms. The standard InChI is InChI=1S/C29H34N4O5/c1-6-29(7-2)15-21(34)33-23-18-14-16(12-13-20(18)38-28(23,5)31-26(33)32-29)25(36)30-22-17-10-8-9-11-19(17)37-27(3,4)24(22)35/h8-14,22-24,35H,6-7,15H2,1-5H3,(H,30,36)(H,31,32)/t22-,23+,24+,28?/m1/s1. The number of fused-ring (bicyclic) bond motifs is 6. The molecule has 1 unspecified atom stereocenters. The van der Waals surface area contributed by atoms with Gasteiger partial charge < -0.3 is 25.2 Å². The smallest absolute Gasteiger partial charge is 0.251 e. The van der Waals surface area contributed by atoms with Gasteiger partial charge in [-0.1, -0.05) is 32.0 Å². The highest BCUT2D eigenvalue weighted by molar-refractivity contribution is 6.03. The van der Waals surface area contributed by atoms with Crippen molar-refractivity contribution in [2.24, 2.45) is 4.99 Å². The number of hydrogen-bond donors (Lipinski definition) is 3. The number of carbonyl (C=O) groups is 2. The number of aliphatic hydroxyl groups is 1. The number of benzene rings is 2. The first-order valence-corrected chi connectivity index (χ1v) is 13.3. The Morgan fingerprint density at radius 3 is 2.55 bits per heavy atom. The maximum absolute atomic E-state index is 13.5. The summed E-state index contributed by atoms with van der Waals surface area (Å²) in [6.07, 6.45) is 1.03. The topological polar surface area (TPSA) is 112 Å². The fourth-order valence-electron chi connectivity index (χ4n) is 6.22. The Hall–Kier alpha value is -3.59. The van der Waals surface area contributed by atoms with Crippen LogP contribution in [0.2, 0.25) is 0 Å². The van der Waals surface area contributed by atoms with Gasteiger partial charge in [0.05, 0.1) is 12.5 Å². The predicted octanol–water partition coefficient (Wildman–Crippen LogP) is 3.59. The van der Waals surface area contributed by atoms with Crippen LogP contribution in [-0.2, 0) is 4.79 Å². The molecular weight excluding hydrogens is 484 g/mol. The van der Waals surface area contributed by atoms with Gasteiger partial charge in [-0.25, -0.2) is 4.99 Å². The molecule has 4 heterocycles. The molecule has 3 N–H and O–H groups in total. The first-order chi connectivity index (χ1) is 18.0. The lowest BCUT2D eigenvalue weighted by Crippen LogP contribution is -2.61. The molecule has 0 saturated carbocycles. The van der Waals surface area contributed by atoms with E-state index in [1.807, 2.05) is 31.2 Å². The van der Waals surface area contributed by atoms with E-state index in [2.05, 4.69) is 24.5 Å². The predicted molar refractivity (Wildman–Crippen MR) is 141 cm³/mol. The van der Waals surface area contributed by atoms with E-state index in [-0.39, 0.29) is 17.4 Å². The van der Waals surface area contributed by atoms with E-state index >= 15 is 0 Å². The minimum absolute atomic E-state index is 0.00426. The molecule has 2 amide bonds. The summed E-state index contributed by atoms with van der Waals surface area (Å²) < 4.78 is 12.2. The lowest BCUT2D eigenvalue weighted by atomic mass is 9.86. The molecule has 4 aliphatic rings. The van der Waals surface area contributed by atoms with E-state index in [0.717, 1.165) is 24.0 Å². The van der Waals surface area contributed by atoms with E-state index in [9.17, 15) is 14.7 Å². The number of nitrogens with one attached hydrogen (secondary N) is 2. The van der Waals surface area contributed by atoms with Crippen LogP contribution in [0.4, 0.5) is 0 Å². The van der Waals surface area contributed by atoms with Crippen molar-refractivity contribution in [3.8, 4) is 11.5 Å². The molecule has 0 spiro atoms. The zero-order valence-electron chi connectivity index (χ0n) is 22.4. The first-order valence-electron chi connectivity index (χ1n) is 13.3. The zero-order chi connectivity index (χ0) is 27.0. The van der Waals surface area contributed by atoms with Crippen molar-refractivity contribution in [3.05, 3.63) is 59.2 Å². The first kappa shape index (κ1) is 24.7. The molecule has 1 saturated heterocycles. The number of carbonyl (C=O) groups excluding carboxylic acids is 2. The molecule has 0 aliphatic carbocycles. The van der Waals surface area contributed by atoms with E-state index in [4.69, 9.17) is 14.5 Å². The van der Waals surface area contributed by atoms with Crippen molar-refractivity contribution in [2.75, 3.05) is 0 Å². The maximum Gasteiger partial charge on any atom is 0.251 e. The summed E-state index contributed by atoms with van der Waals surface area (Å²) in [5.74, 6) is 1.42. The third-order valence-corrected chi connectivity index (χ3v) is 8.64. The van der Waals surface area contributed by atoms with Gasteiger partial charge >= 0.3 is 0 Å². The summed E-state index contributed by atoms with van der Waals surface area (Å²) in [5, 5.41) is 17.6. The highest BCUT2D eigenvalue weighted by Crippen LogP contribution is 2.52. The van der Waals surface area contributed by atoms with Crippen molar-refractivity contribution < 1.29 is 24.2 Å². The monoisotopic (exact) mass is 518 g/mol. The molecule has 9 heteroatoms. The van der Waals surface area contributed by atoms with Gasteiger partial charge in [0, 0.05) is 22.2 Å². The largest absolute Gasteiger partial charge is 0.485 e. The van der Waals surface area contributed by atoms with Crippen molar-refractivity contribution >= 4 is 17.8 Å². The highest BCUT2D eigenvalue weighted by atomic mass is 16.5. The maximum atomic E-state index is 13.5. The Balaban J connectivity index is 1.30. The van der Waals surface area contributed by atoms with Crippen LogP contribution in [0.5, 0.6) is 11.5 Å². The minimum Gasteiger partial charge on any atom is -0.485 e. The number of aliphatic imine (C=N–C) groups is 1. The second-order valence-corrected chi connectivity index (χ2v) is 11.4. The second-order valence-electron chi connectivity index (χ2n) is 11.4. The molecule has 200 valence electrons. The number of nitrogens with zero attached hydrogens (tertiary/aromatic N) is 2. The fraction of sp³-hybridized carbons (Fsp3) is 0.483. The Labute approximate surface area is 222 Å². The molecular formula is C29H34N4O5. The normalized spacial score (nSPS) is 29.5. The molecule has 1 fully saturated rings. The summed E-state index contributed by atoms with van der Waals surface area (Å²) in [5.41, 5.74) is -0.312. The Morgan fingerprint density at radius 1 is 1.11 bits per heavy atom. The molecule has 2 aromatic carbocycles. The molecule has 4 aliphatic heterocycles. The van der Waals surface area contributed by atoms with Gasteiger partial charge in [0.25, 0.3) is 5.91 Å². The van der Waals surface area contributed by atoms with Crippen LogP contribution in [0.15, 0.2) is 47.5 Å². The average molecular weight is 519 g/mol. The zero-order valence-corrected chi connectivity index (χ0v) is 22.4. The van der Waals surface area contributed by atoms with Crippen LogP contribution in [0.25, 0.3) is 0 Å². The van der Waals surface area contributed by atoms with Crippen LogP contribution < -0.4 is 20.1 Å². The van der Waals surface area contributed by atoms with Crippen LogP contribution in [0.3, 0.4) is 0 Å². The van der Waals surface area contributed by atoms with Crippen LogP contribution in [0.1, 0.15) is 87.4 Å². The average Bonchev–Trinajstić information content (AvgIpc) is 3.33. The lowest BCUT2D eigenvalue weighted by Gasteiger charge is -2.42. The Kier molecular flexibility index (Phi) is 5.34. The van der Waals surface area contributed by atoms with Crippen molar-refractivity contribution in [1.82, 2.24) is 15.5 Å². The van der Waals surface area contributed by atoms with E-state index in [1.165, 1.54) is 0 Å². The highest BCUT2D eigenvalue weighted by Gasteiger charge is 2.59. The van der Waals surface area contributed by atoms with Crippen molar-refractivity contribution in [1.29, 1.82) is 0 Å². The van der Waals surface area contributed by atoms with E-state index in [0.29, 0.717) is 29.4 Å². The van der Waals surface area contributed by atoms with Gasteiger partial charge in [-0.15, -0.1) is 0 Å². The number of rotatable bonds is 4. The third-order valence-electron chi connectivity index (χ3n) is 8.64. The summed E-state index contributed by atoms with van der Waals surface area (Å²) in [6, 6.07) is 11.5. The molecule has 0 bridgehead atoms. The van der Waals surface area contributed by atoms with Gasteiger partial charge in [0.1, 0.15) is 29.2 Å². The van der Waals surface area contributed by atoms with Crippen LogP contribution >= 0.6 is 0 Å². The molecule has 4 atom stereocenters. The number of hydrogen-bond acceptors (Lipinski definition) is 7. The number of amides is 2. The minimum atomic E-state index is -0.979. The van der Waals surface area contributed by atoms with E-state index < -0.39 is 29.5 Å². The van der Waals surface area contributed by atoms with Crippen LogP contribution in [-0.4, -0.2) is 50.7 Å². The third kappa shape index (κ3) is 3.51. The molecule has 0 radical (unpaired) electrons. The van der Waals surface area contributed by atoms with Gasteiger partial charge in [-0.3, -0.25) is 14.5 Å². The Bertz CT molecular complexity index is 1370. The summed E-state index contributed by atoms with van der Waals surface area (Å²) in [4.78, 5) is 33.5. The molecule has 2 aromatic rings. The quantitative estimate of drug-likeness (QED) is 0.570. The number of para-hydroxylation sites is 1. The fourth-order valence-corrected chi connectivity index (χ4v) is 6.22. The van der Waals surface area contributed by atoms with Gasteiger partial charge in [0.2, 0.25) is 17.6 Å². The SMILES string of the molecule is CCC1(CC)CC(=O)N2C(=NC3(C)Oc4ccc(C(=O)N[C@@H]5c6ccccc6OC(C)(C)[C@H]5O)cc4[C@H]23)N1. The molecule has 9 nitrogen and oxygen atoms in total. The molecule has 0 aromatic heterocycles. The van der Waals surface area contributed by atoms with Gasteiger partial charge in [0.15, 0.2) is 0 Å². The second kappa shape index (κ2) is 8.20. The number of ether oxygens (including phenoxy) is 2.